The molecule has 5 aromatic carbocycles. The Kier molecular flexibility index (Phi) is 11.0. The molecular formula is C42H42N2O8S3. The predicted octanol–water partition coefficient (Wildman–Crippen LogP) is 9.83. The second kappa shape index (κ2) is 15.8. The van der Waals surface area contributed by atoms with Gasteiger partial charge in [-0.15, -0.1) is 11.3 Å². The van der Waals surface area contributed by atoms with Gasteiger partial charge in [-0.1, -0.05) is 56.3 Å². The summed E-state index contributed by atoms with van der Waals surface area (Å²) in [6, 6.07) is 36.5. The molecule has 0 bridgehead atoms. The molecule has 0 saturated heterocycles. The summed E-state index contributed by atoms with van der Waals surface area (Å²) in [7, 11) is -8.20. The van der Waals surface area contributed by atoms with Crippen LogP contribution in [0.25, 0.3) is 31.9 Å². The lowest BCUT2D eigenvalue weighted by Crippen LogP contribution is -2.23. The number of hydrogen-bond acceptors (Lipinski definition) is 9. The quantitative estimate of drug-likeness (QED) is 0.0718. The summed E-state index contributed by atoms with van der Waals surface area (Å²) in [5.74, 6) is 0.267. The van der Waals surface area contributed by atoms with E-state index < -0.39 is 31.7 Å². The smallest absolute Gasteiger partial charge is 0.264 e. The van der Waals surface area contributed by atoms with Crippen molar-refractivity contribution in [1.82, 2.24) is 4.98 Å². The number of thiazole rings is 1. The number of aromatic nitrogens is 1. The van der Waals surface area contributed by atoms with Crippen LogP contribution in [-0.4, -0.2) is 55.6 Å². The second-order valence-electron chi connectivity index (χ2n) is 13.6. The molecule has 0 aliphatic heterocycles. The minimum Gasteiger partial charge on any atom is -0.493 e. The average Bonchev–Trinajstić information content (AvgIpc) is 3.72. The van der Waals surface area contributed by atoms with E-state index in [9.17, 15) is 16.8 Å². The van der Waals surface area contributed by atoms with Crippen molar-refractivity contribution in [2.75, 3.05) is 29.6 Å². The Morgan fingerprint density at radius 1 is 0.655 bits per heavy atom. The molecule has 0 radical (unpaired) electrons. The molecule has 0 amide bonds. The molecule has 0 saturated carbocycles. The zero-order chi connectivity index (χ0) is 38.8. The van der Waals surface area contributed by atoms with Crippen LogP contribution in [0.2, 0.25) is 0 Å². The normalized spacial score (nSPS) is 13.4. The van der Waals surface area contributed by atoms with Crippen LogP contribution in [0, 0.1) is 0 Å². The molecular weight excluding hydrogens is 757 g/mol. The minimum absolute atomic E-state index is 0.0990. The molecule has 0 fully saturated rings. The van der Waals surface area contributed by atoms with Crippen LogP contribution in [0.4, 0.5) is 17.1 Å². The number of anilines is 3. The largest absolute Gasteiger partial charge is 0.493 e. The van der Waals surface area contributed by atoms with Gasteiger partial charge in [0.05, 0.1) is 34.9 Å². The molecule has 1 aliphatic rings. The van der Waals surface area contributed by atoms with Crippen molar-refractivity contribution >= 4 is 58.9 Å². The van der Waals surface area contributed by atoms with E-state index in [1.165, 1.54) is 22.3 Å². The van der Waals surface area contributed by atoms with Gasteiger partial charge in [-0.05, 0) is 103 Å². The van der Waals surface area contributed by atoms with Crippen molar-refractivity contribution in [3.8, 4) is 33.2 Å². The van der Waals surface area contributed by atoms with Gasteiger partial charge in [-0.2, -0.15) is 16.8 Å². The third-order valence-corrected chi connectivity index (χ3v) is 12.8. The molecule has 1 heterocycles. The zero-order valence-corrected chi connectivity index (χ0v) is 33.0. The minimum atomic E-state index is -4.10. The van der Waals surface area contributed by atoms with Gasteiger partial charge in [0.2, 0.25) is 0 Å². The summed E-state index contributed by atoms with van der Waals surface area (Å²) in [6.07, 6.45) is 2.03. The van der Waals surface area contributed by atoms with Crippen LogP contribution in [0.5, 0.6) is 11.5 Å². The molecule has 0 atom stereocenters. The molecule has 2 N–H and O–H groups in total. The van der Waals surface area contributed by atoms with Gasteiger partial charge in [-0.3, -0.25) is 9.11 Å². The van der Waals surface area contributed by atoms with E-state index in [4.69, 9.17) is 23.6 Å². The molecule has 0 unspecified atom stereocenters. The maximum absolute atomic E-state index is 11.3. The van der Waals surface area contributed by atoms with E-state index in [1.54, 1.807) is 23.5 Å². The molecule has 1 aliphatic carbocycles. The SMILES string of the molecule is CCC1(CC)c2cc(-c3nc4ccccc4s3)ccc2-c2ccc(N(c3cccc(OCCCS(=O)(=O)O)c3)c3cccc(OCCCS(=O)(=O)O)c3)cc21. The van der Waals surface area contributed by atoms with Gasteiger partial charge in [0.15, 0.2) is 0 Å². The fourth-order valence-electron chi connectivity index (χ4n) is 7.50. The van der Waals surface area contributed by atoms with Gasteiger partial charge in [-0.25, -0.2) is 4.98 Å². The van der Waals surface area contributed by atoms with Crippen molar-refractivity contribution < 1.29 is 35.4 Å². The first kappa shape index (κ1) is 38.5. The number of para-hydroxylation sites is 1. The van der Waals surface area contributed by atoms with Crippen molar-refractivity contribution in [3.63, 3.8) is 0 Å². The summed E-state index contributed by atoms with van der Waals surface area (Å²) in [5.41, 5.74) is 9.21. The van der Waals surface area contributed by atoms with Crippen molar-refractivity contribution in [3.05, 3.63) is 120 Å². The van der Waals surface area contributed by atoms with E-state index in [1.807, 2.05) is 54.6 Å². The molecule has 13 heteroatoms. The third kappa shape index (κ3) is 8.41. The lowest BCUT2D eigenvalue weighted by molar-refractivity contribution is 0.316. The average molecular weight is 799 g/mol. The summed E-state index contributed by atoms with van der Waals surface area (Å²) >= 11 is 1.70. The zero-order valence-electron chi connectivity index (χ0n) is 30.5. The first-order valence-corrected chi connectivity index (χ1v) is 22.2. The maximum Gasteiger partial charge on any atom is 0.264 e. The molecule has 286 valence electrons. The number of fused-ring (bicyclic) bond motifs is 4. The van der Waals surface area contributed by atoms with Crippen molar-refractivity contribution in [2.24, 2.45) is 0 Å². The monoisotopic (exact) mass is 798 g/mol. The van der Waals surface area contributed by atoms with E-state index in [2.05, 4.69) is 61.2 Å². The highest BCUT2D eigenvalue weighted by atomic mass is 32.2. The lowest BCUT2D eigenvalue weighted by atomic mass is 9.73. The fourth-order valence-corrected chi connectivity index (χ4v) is 9.42. The molecule has 6 aromatic rings. The number of hydrogen-bond donors (Lipinski definition) is 2. The summed E-state index contributed by atoms with van der Waals surface area (Å²) < 4.78 is 76.4. The van der Waals surface area contributed by atoms with Crippen LogP contribution in [0.3, 0.4) is 0 Å². The summed E-state index contributed by atoms with van der Waals surface area (Å²) in [5, 5.41) is 0.994. The predicted molar refractivity (Wildman–Crippen MR) is 220 cm³/mol. The van der Waals surface area contributed by atoms with Gasteiger partial charge in [0.1, 0.15) is 16.5 Å². The Morgan fingerprint density at radius 2 is 1.20 bits per heavy atom. The highest BCUT2D eigenvalue weighted by Crippen LogP contribution is 2.55. The van der Waals surface area contributed by atoms with Gasteiger partial charge >= 0.3 is 0 Å². The molecule has 7 rings (SSSR count). The highest BCUT2D eigenvalue weighted by molar-refractivity contribution is 7.86. The van der Waals surface area contributed by atoms with Crippen LogP contribution < -0.4 is 14.4 Å². The Morgan fingerprint density at radius 3 is 1.76 bits per heavy atom. The second-order valence-corrected chi connectivity index (χ2v) is 17.7. The first-order chi connectivity index (χ1) is 26.4. The number of ether oxygens (including phenoxy) is 2. The molecule has 0 spiro atoms. The summed E-state index contributed by atoms with van der Waals surface area (Å²) in [6.45, 7) is 4.68. The number of nitrogens with zero attached hydrogens (tertiary/aromatic N) is 2. The van der Waals surface area contributed by atoms with Crippen LogP contribution in [-0.2, 0) is 25.7 Å². The van der Waals surface area contributed by atoms with Crippen LogP contribution >= 0.6 is 11.3 Å². The van der Waals surface area contributed by atoms with Crippen LogP contribution in [0.15, 0.2) is 109 Å². The molecule has 1 aromatic heterocycles. The third-order valence-electron chi connectivity index (χ3n) is 10.1. The van der Waals surface area contributed by atoms with Gasteiger partial charge in [0, 0.05) is 40.2 Å². The summed E-state index contributed by atoms with van der Waals surface area (Å²) in [4.78, 5) is 7.06. The molecule has 55 heavy (non-hydrogen) atoms. The Bertz CT molecular complexity index is 2450. The Hall–Kier alpha value is -4.79. The lowest BCUT2D eigenvalue weighted by Gasteiger charge is -2.32. The van der Waals surface area contributed by atoms with E-state index in [-0.39, 0.29) is 31.5 Å². The van der Waals surface area contributed by atoms with Crippen molar-refractivity contribution in [2.45, 2.75) is 44.9 Å². The fraction of sp³-hybridized carbons (Fsp3) is 0.262. The van der Waals surface area contributed by atoms with E-state index in [0.29, 0.717) is 11.5 Å². The first-order valence-electron chi connectivity index (χ1n) is 18.2. The van der Waals surface area contributed by atoms with Gasteiger partial charge in [0.25, 0.3) is 20.2 Å². The standard InChI is InChI=1S/C42H42N2O8S3/c1-3-42(4-2)37-25-29(41-43-39-15-5-6-16-40(39)53-41)17-19-35(37)36-20-18-32(28-38(36)42)44(30-11-7-13-33(26-30)51-21-9-23-54(45,46)47)31-12-8-14-34(27-31)52-22-10-24-55(48,49)50/h5-8,11-20,25-28H,3-4,9-10,21-24H2,1-2H3,(H,45,46,47)(H,48,49,50). The number of rotatable bonds is 16. The topological polar surface area (TPSA) is 143 Å². The van der Waals surface area contributed by atoms with Gasteiger partial charge < -0.3 is 14.4 Å². The molecule has 10 nitrogen and oxygen atoms in total. The van der Waals surface area contributed by atoms with Crippen molar-refractivity contribution in [1.29, 1.82) is 0 Å². The highest BCUT2D eigenvalue weighted by Gasteiger charge is 2.41. The Labute approximate surface area is 325 Å². The number of benzene rings is 5. The van der Waals surface area contributed by atoms with E-state index in [0.717, 1.165) is 50.7 Å². The van der Waals surface area contributed by atoms with Crippen LogP contribution in [0.1, 0.15) is 50.7 Å². The maximum atomic E-state index is 11.3. The Balaban J connectivity index is 1.28. The van der Waals surface area contributed by atoms with E-state index >= 15 is 0 Å².